The number of anilines is 1. The van der Waals surface area contributed by atoms with Crippen LogP contribution in [0.4, 0.5) is 5.69 Å². The Bertz CT molecular complexity index is 900. The number of carbonyl (C=O) groups is 2. The second kappa shape index (κ2) is 12.0. The molecule has 30 heavy (non-hydrogen) atoms. The molecule has 0 aromatic heterocycles. The molecular weight excluding hydrogens is 501 g/mol. The van der Waals surface area contributed by atoms with Gasteiger partial charge in [0.2, 0.25) is 11.8 Å². The minimum Gasteiger partial charge on any atom is -0.497 e. The molecule has 9 heteroatoms. The van der Waals surface area contributed by atoms with Crippen molar-refractivity contribution in [2.75, 3.05) is 25.6 Å². The zero-order chi connectivity index (χ0) is 21.9. The Balaban J connectivity index is 1.92. The van der Waals surface area contributed by atoms with Crippen LogP contribution in [0, 0.1) is 3.57 Å². The van der Waals surface area contributed by atoms with Crippen molar-refractivity contribution in [1.29, 1.82) is 0 Å². The third kappa shape index (κ3) is 7.21. The number of methoxy groups -OCH3 is 1. The molecule has 0 bridgehead atoms. The van der Waals surface area contributed by atoms with Crippen LogP contribution in [0.15, 0.2) is 41.5 Å². The number of hydrogen-bond acceptors (Lipinski definition) is 6. The molecule has 0 atom stereocenters. The van der Waals surface area contributed by atoms with Gasteiger partial charge in [-0.2, -0.15) is 5.10 Å². The third-order valence-electron chi connectivity index (χ3n) is 3.72. The standard InChI is InChI=1S/C21H24IN3O5/c1-4-29-18-11-14(10-17(22)21(18)30-5-2)13-23-25-20(27)12-19(26)24-15-6-8-16(28-3)9-7-15/h6-11,13H,4-5,12H2,1-3H3,(H,24,26)(H,25,27). The SMILES string of the molecule is CCOc1cc(C=NNC(=O)CC(=O)Nc2ccc(OC)cc2)cc(I)c1OCC. The van der Waals surface area contributed by atoms with Crippen molar-refractivity contribution in [3.8, 4) is 17.2 Å². The second-order valence-electron chi connectivity index (χ2n) is 5.94. The number of nitrogens with one attached hydrogen (secondary N) is 2. The van der Waals surface area contributed by atoms with Gasteiger partial charge in [0.15, 0.2) is 11.5 Å². The van der Waals surface area contributed by atoms with Crippen molar-refractivity contribution in [3.05, 3.63) is 45.5 Å². The van der Waals surface area contributed by atoms with Crippen molar-refractivity contribution in [3.63, 3.8) is 0 Å². The van der Waals surface area contributed by atoms with E-state index in [9.17, 15) is 9.59 Å². The average Bonchev–Trinajstić information content (AvgIpc) is 2.71. The lowest BCUT2D eigenvalue weighted by molar-refractivity contribution is -0.126. The fourth-order valence-electron chi connectivity index (χ4n) is 2.45. The zero-order valence-electron chi connectivity index (χ0n) is 17.0. The summed E-state index contributed by atoms with van der Waals surface area (Å²) in [6, 6.07) is 10.5. The van der Waals surface area contributed by atoms with E-state index in [4.69, 9.17) is 14.2 Å². The molecule has 0 fully saturated rings. The summed E-state index contributed by atoms with van der Waals surface area (Å²) >= 11 is 2.16. The molecule has 0 heterocycles. The normalized spacial score (nSPS) is 10.5. The van der Waals surface area contributed by atoms with Gasteiger partial charge < -0.3 is 19.5 Å². The van der Waals surface area contributed by atoms with Crippen molar-refractivity contribution in [2.24, 2.45) is 5.10 Å². The van der Waals surface area contributed by atoms with Gasteiger partial charge in [0.25, 0.3) is 0 Å². The summed E-state index contributed by atoms with van der Waals surface area (Å²) in [5.74, 6) is 0.996. The van der Waals surface area contributed by atoms with Crippen LogP contribution < -0.4 is 25.0 Å². The quantitative estimate of drug-likeness (QED) is 0.214. The molecule has 2 aromatic carbocycles. The lowest BCUT2D eigenvalue weighted by Crippen LogP contribution is -2.24. The van der Waals surface area contributed by atoms with Crippen LogP contribution in [-0.2, 0) is 9.59 Å². The van der Waals surface area contributed by atoms with E-state index < -0.39 is 11.8 Å². The van der Waals surface area contributed by atoms with Crippen LogP contribution in [-0.4, -0.2) is 38.4 Å². The summed E-state index contributed by atoms with van der Waals surface area (Å²) in [6.07, 6.45) is 1.13. The number of hydrogen-bond donors (Lipinski definition) is 2. The van der Waals surface area contributed by atoms with E-state index in [2.05, 4.69) is 38.4 Å². The highest BCUT2D eigenvalue weighted by Crippen LogP contribution is 2.33. The second-order valence-corrected chi connectivity index (χ2v) is 7.10. The molecule has 2 N–H and O–H groups in total. The van der Waals surface area contributed by atoms with Crippen LogP contribution in [0.1, 0.15) is 25.8 Å². The van der Waals surface area contributed by atoms with E-state index in [-0.39, 0.29) is 6.42 Å². The molecule has 2 amide bonds. The molecule has 160 valence electrons. The first-order chi connectivity index (χ1) is 14.5. The Morgan fingerprint density at radius 2 is 1.77 bits per heavy atom. The Kier molecular flexibility index (Phi) is 9.39. The minimum absolute atomic E-state index is 0.353. The van der Waals surface area contributed by atoms with Gasteiger partial charge in [-0.15, -0.1) is 0 Å². The number of ether oxygens (including phenoxy) is 3. The Hall–Kier alpha value is -2.82. The van der Waals surface area contributed by atoms with Crippen LogP contribution >= 0.6 is 22.6 Å². The summed E-state index contributed by atoms with van der Waals surface area (Å²) in [4.78, 5) is 23.9. The molecule has 0 aliphatic rings. The molecular formula is C21H24IN3O5. The van der Waals surface area contributed by atoms with E-state index >= 15 is 0 Å². The molecule has 0 saturated heterocycles. The van der Waals surface area contributed by atoms with Gasteiger partial charge in [0, 0.05) is 5.69 Å². The topological polar surface area (TPSA) is 98.2 Å². The third-order valence-corrected chi connectivity index (χ3v) is 4.52. The fraction of sp³-hybridized carbons (Fsp3) is 0.286. The summed E-state index contributed by atoms with van der Waals surface area (Å²) in [5.41, 5.74) is 3.66. The lowest BCUT2D eigenvalue weighted by atomic mass is 10.2. The van der Waals surface area contributed by atoms with Crippen molar-refractivity contribution in [2.45, 2.75) is 20.3 Å². The maximum atomic E-state index is 12.0. The van der Waals surface area contributed by atoms with Gasteiger partial charge in [0.05, 0.1) is 30.1 Å². The van der Waals surface area contributed by atoms with E-state index in [1.807, 2.05) is 19.9 Å². The van der Waals surface area contributed by atoms with Crippen molar-refractivity contribution < 1.29 is 23.8 Å². The monoisotopic (exact) mass is 525 g/mol. The number of carbonyl (C=O) groups excluding carboxylic acids is 2. The number of benzene rings is 2. The smallest absolute Gasteiger partial charge is 0.249 e. The molecule has 0 saturated carbocycles. The van der Waals surface area contributed by atoms with E-state index in [1.165, 1.54) is 6.21 Å². The van der Waals surface area contributed by atoms with Crippen LogP contribution in [0.3, 0.4) is 0 Å². The first-order valence-electron chi connectivity index (χ1n) is 9.31. The van der Waals surface area contributed by atoms with Crippen LogP contribution in [0.5, 0.6) is 17.2 Å². The van der Waals surface area contributed by atoms with Crippen molar-refractivity contribution >= 4 is 46.3 Å². The molecule has 0 unspecified atom stereocenters. The molecule has 0 aliphatic carbocycles. The summed E-state index contributed by atoms with van der Waals surface area (Å²) in [5, 5.41) is 6.56. The van der Waals surface area contributed by atoms with E-state index in [1.54, 1.807) is 37.4 Å². The average molecular weight is 525 g/mol. The van der Waals surface area contributed by atoms with Crippen LogP contribution in [0.25, 0.3) is 0 Å². The Labute approximate surface area is 189 Å². The van der Waals surface area contributed by atoms with E-state index in [0.717, 1.165) is 9.13 Å². The number of nitrogens with zero attached hydrogens (tertiary/aromatic N) is 1. The highest BCUT2D eigenvalue weighted by Gasteiger charge is 2.12. The summed E-state index contributed by atoms with van der Waals surface area (Å²) in [6.45, 7) is 4.82. The molecule has 0 spiro atoms. The summed E-state index contributed by atoms with van der Waals surface area (Å²) < 4.78 is 17.2. The lowest BCUT2D eigenvalue weighted by Gasteiger charge is -2.13. The predicted octanol–water partition coefficient (Wildman–Crippen LogP) is 3.58. The van der Waals surface area contributed by atoms with Gasteiger partial charge in [-0.1, -0.05) is 0 Å². The number of amides is 2. The maximum absolute atomic E-state index is 12.0. The molecule has 2 rings (SSSR count). The van der Waals surface area contributed by atoms with E-state index in [0.29, 0.717) is 36.1 Å². The first-order valence-corrected chi connectivity index (χ1v) is 10.4. The fourth-order valence-corrected chi connectivity index (χ4v) is 3.23. The highest BCUT2D eigenvalue weighted by molar-refractivity contribution is 14.1. The zero-order valence-corrected chi connectivity index (χ0v) is 19.2. The summed E-state index contributed by atoms with van der Waals surface area (Å²) in [7, 11) is 1.56. The maximum Gasteiger partial charge on any atom is 0.249 e. The number of hydrazone groups is 1. The van der Waals surface area contributed by atoms with Gasteiger partial charge in [-0.25, -0.2) is 5.43 Å². The van der Waals surface area contributed by atoms with Gasteiger partial charge >= 0.3 is 0 Å². The predicted molar refractivity (Wildman–Crippen MR) is 123 cm³/mol. The van der Waals surface area contributed by atoms with Crippen molar-refractivity contribution in [1.82, 2.24) is 5.43 Å². The number of halogens is 1. The first kappa shape index (κ1) is 23.5. The number of rotatable bonds is 10. The Morgan fingerprint density at radius 1 is 1.07 bits per heavy atom. The highest BCUT2D eigenvalue weighted by atomic mass is 127. The van der Waals surface area contributed by atoms with Gasteiger partial charge in [-0.05, 0) is 78.4 Å². The largest absolute Gasteiger partial charge is 0.497 e. The van der Waals surface area contributed by atoms with Gasteiger partial charge in [0.1, 0.15) is 12.2 Å². The Morgan fingerprint density at radius 3 is 2.40 bits per heavy atom. The molecule has 2 aromatic rings. The van der Waals surface area contributed by atoms with Gasteiger partial charge in [-0.3, -0.25) is 9.59 Å². The molecule has 8 nitrogen and oxygen atoms in total. The minimum atomic E-state index is -0.525. The molecule has 0 aliphatic heterocycles. The van der Waals surface area contributed by atoms with Crippen LogP contribution in [0.2, 0.25) is 0 Å². The molecule has 0 radical (unpaired) electrons.